The average molecular weight is 210 g/mol. The van der Waals surface area contributed by atoms with Crippen molar-refractivity contribution < 1.29 is 4.74 Å². The molecule has 0 saturated heterocycles. The Labute approximate surface area is 85.1 Å². The van der Waals surface area contributed by atoms with Gasteiger partial charge in [-0.1, -0.05) is 0 Å². The third-order valence-corrected chi connectivity index (χ3v) is 2.64. The third kappa shape index (κ3) is 1.27. The van der Waals surface area contributed by atoms with Crippen LogP contribution in [-0.4, -0.2) is 28.3 Å². The van der Waals surface area contributed by atoms with Gasteiger partial charge in [-0.25, -0.2) is 4.98 Å². The van der Waals surface area contributed by atoms with Gasteiger partial charge in [0.1, 0.15) is 11.0 Å². The zero-order valence-electron chi connectivity index (χ0n) is 7.87. The Hall–Kier alpha value is -1.43. The van der Waals surface area contributed by atoms with E-state index in [1.54, 1.807) is 18.9 Å². The summed E-state index contributed by atoms with van der Waals surface area (Å²) in [5, 5.41) is 0. The van der Waals surface area contributed by atoms with Gasteiger partial charge in [-0.3, -0.25) is 0 Å². The largest absolute Gasteiger partial charge is 0.479 e. The van der Waals surface area contributed by atoms with Crippen LogP contribution in [0.25, 0.3) is 11.0 Å². The smallest absolute Gasteiger partial charge is 0.243 e. The Bertz CT molecular complexity index is 468. The van der Waals surface area contributed by atoms with Gasteiger partial charge >= 0.3 is 0 Å². The van der Waals surface area contributed by atoms with Gasteiger partial charge < -0.3 is 15.5 Å². The number of nitrogen functional groups attached to an aromatic ring is 1. The fourth-order valence-corrected chi connectivity index (χ4v) is 1.79. The number of anilines is 1. The van der Waals surface area contributed by atoms with Gasteiger partial charge in [0.2, 0.25) is 11.8 Å². The van der Waals surface area contributed by atoms with E-state index in [-0.39, 0.29) is 5.95 Å². The van der Waals surface area contributed by atoms with Gasteiger partial charge in [0.05, 0.1) is 12.0 Å². The lowest BCUT2D eigenvalue weighted by Crippen LogP contribution is -1.98. The fourth-order valence-electron chi connectivity index (χ4n) is 1.27. The number of nitrogens with one attached hydrogen (secondary N) is 1. The van der Waals surface area contributed by atoms with Crippen molar-refractivity contribution in [2.75, 3.05) is 19.1 Å². The van der Waals surface area contributed by atoms with E-state index in [1.807, 2.05) is 12.5 Å². The molecule has 0 saturated carbocycles. The summed E-state index contributed by atoms with van der Waals surface area (Å²) in [5.74, 6) is 0.706. The molecule has 0 aliphatic carbocycles. The maximum Gasteiger partial charge on any atom is 0.243 e. The Morgan fingerprint density at radius 1 is 1.50 bits per heavy atom. The van der Waals surface area contributed by atoms with Gasteiger partial charge in [0, 0.05) is 6.20 Å². The molecule has 14 heavy (non-hydrogen) atoms. The normalized spacial score (nSPS) is 10.7. The van der Waals surface area contributed by atoms with E-state index in [0.717, 1.165) is 15.9 Å². The molecule has 0 fully saturated rings. The first-order chi connectivity index (χ1) is 6.76. The van der Waals surface area contributed by atoms with Gasteiger partial charge in [-0.15, -0.1) is 11.8 Å². The van der Waals surface area contributed by atoms with Crippen LogP contribution in [-0.2, 0) is 0 Å². The lowest BCUT2D eigenvalue weighted by atomic mass is 10.4. The number of ether oxygens (including phenoxy) is 1. The second kappa shape index (κ2) is 3.38. The number of nitrogens with zero attached hydrogens (tertiary/aromatic N) is 2. The molecule has 0 radical (unpaired) electrons. The summed E-state index contributed by atoms with van der Waals surface area (Å²) in [5.41, 5.74) is 7.15. The second-order valence-corrected chi connectivity index (χ2v) is 3.52. The zero-order chi connectivity index (χ0) is 10.1. The molecule has 0 spiro atoms. The van der Waals surface area contributed by atoms with Crippen LogP contribution < -0.4 is 10.5 Å². The van der Waals surface area contributed by atoms with Crippen molar-refractivity contribution in [2.45, 2.75) is 4.90 Å². The summed E-state index contributed by atoms with van der Waals surface area (Å²) in [6.07, 6.45) is 3.85. The Kier molecular flexibility index (Phi) is 2.20. The molecule has 0 amide bonds. The van der Waals surface area contributed by atoms with Crippen LogP contribution >= 0.6 is 11.8 Å². The number of aromatic nitrogens is 3. The number of thioether (sulfide) groups is 1. The molecular formula is C8H10N4OS. The number of aromatic amines is 1. The highest BCUT2D eigenvalue weighted by Gasteiger charge is 2.11. The van der Waals surface area contributed by atoms with Gasteiger partial charge in [0.15, 0.2) is 0 Å². The van der Waals surface area contributed by atoms with Crippen LogP contribution in [0, 0.1) is 0 Å². The van der Waals surface area contributed by atoms with E-state index in [2.05, 4.69) is 15.0 Å². The fraction of sp³-hybridized carbons (Fsp3) is 0.250. The number of hydrogen-bond acceptors (Lipinski definition) is 5. The summed E-state index contributed by atoms with van der Waals surface area (Å²) in [7, 11) is 1.56. The highest BCUT2D eigenvalue weighted by Crippen LogP contribution is 2.29. The molecule has 0 aliphatic rings. The van der Waals surface area contributed by atoms with Crippen molar-refractivity contribution in [3.8, 4) is 5.88 Å². The minimum absolute atomic E-state index is 0.226. The van der Waals surface area contributed by atoms with E-state index in [9.17, 15) is 0 Å². The summed E-state index contributed by atoms with van der Waals surface area (Å²) in [6, 6.07) is 0. The van der Waals surface area contributed by atoms with E-state index >= 15 is 0 Å². The molecule has 6 heteroatoms. The standard InChI is InChI=1S/C8H10N4OS/c1-13-7-6-5(11-8(9)12-7)4(14-2)3-10-6/h3,10H,1-2H3,(H2,9,11,12). The molecule has 0 aliphatic heterocycles. The highest BCUT2D eigenvalue weighted by molar-refractivity contribution is 7.98. The number of hydrogen-bond donors (Lipinski definition) is 2. The average Bonchev–Trinajstić information content (AvgIpc) is 2.59. The SMILES string of the molecule is COc1nc(N)nc2c(SC)c[nH]c12. The van der Waals surface area contributed by atoms with Gasteiger partial charge in [-0.05, 0) is 6.26 Å². The predicted molar refractivity (Wildman–Crippen MR) is 56.6 cm³/mol. The van der Waals surface area contributed by atoms with E-state index in [0.29, 0.717) is 5.88 Å². The van der Waals surface area contributed by atoms with Crippen LogP contribution in [0.15, 0.2) is 11.1 Å². The predicted octanol–water partition coefficient (Wildman–Crippen LogP) is 1.27. The number of rotatable bonds is 2. The first kappa shape index (κ1) is 9.14. The Balaban J connectivity index is 2.76. The van der Waals surface area contributed by atoms with Crippen LogP contribution in [0.4, 0.5) is 5.95 Å². The van der Waals surface area contributed by atoms with Gasteiger partial charge in [0.25, 0.3) is 0 Å². The molecule has 0 bridgehead atoms. The maximum absolute atomic E-state index is 5.56. The molecule has 2 aromatic heterocycles. The molecule has 2 aromatic rings. The Morgan fingerprint density at radius 2 is 2.29 bits per heavy atom. The summed E-state index contributed by atoms with van der Waals surface area (Å²) in [6.45, 7) is 0. The van der Waals surface area contributed by atoms with Crippen molar-refractivity contribution in [3.05, 3.63) is 6.20 Å². The van der Waals surface area contributed by atoms with Crippen molar-refractivity contribution >= 4 is 28.7 Å². The molecule has 2 rings (SSSR count). The molecule has 0 atom stereocenters. The first-order valence-electron chi connectivity index (χ1n) is 3.99. The summed E-state index contributed by atoms with van der Waals surface area (Å²) >= 11 is 1.60. The third-order valence-electron chi connectivity index (χ3n) is 1.89. The van der Waals surface area contributed by atoms with E-state index in [1.165, 1.54) is 0 Å². The lowest BCUT2D eigenvalue weighted by molar-refractivity contribution is 0.402. The van der Waals surface area contributed by atoms with Crippen molar-refractivity contribution in [1.82, 2.24) is 15.0 Å². The van der Waals surface area contributed by atoms with Crippen molar-refractivity contribution in [1.29, 1.82) is 0 Å². The molecular weight excluding hydrogens is 200 g/mol. The van der Waals surface area contributed by atoms with Crippen LogP contribution in [0.2, 0.25) is 0 Å². The van der Waals surface area contributed by atoms with Crippen molar-refractivity contribution in [3.63, 3.8) is 0 Å². The maximum atomic E-state index is 5.56. The van der Waals surface area contributed by atoms with E-state index in [4.69, 9.17) is 10.5 Å². The zero-order valence-corrected chi connectivity index (χ0v) is 8.68. The summed E-state index contributed by atoms with van der Waals surface area (Å²) < 4.78 is 5.09. The minimum Gasteiger partial charge on any atom is -0.479 e. The van der Waals surface area contributed by atoms with E-state index < -0.39 is 0 Å². The first-order valence-corrected chi connectivity index (χ1v) is 5.21. The molecule has 5 nitrogen and oxygen atoms in total. The molecule has 2 heterocycles. The number of fused-ring (bicyclic) bond motifs is 1. The molecule has 3 N–H and O–H groups in total. The van der Waals surface area contributed by atoms with Crippen LogP contribution in [0.1, 0.15) is 0 Å². The molecule has 0 unspecified atom stereocenters. The molecule has 0 aromatic carbocycles. The number of H-pyrrole nitrogens is 1. The van der Waals surface area contributed by atoms with Crippen LogP contribution in [0.3, 0.4) is 0 Å². The van der Waals surface area contributed by atoms with Crippen LogP contribution in [0.5, 0.6) is 5.88 Å². The van der Waals surface area contributed by atoms with Crippen molar-refractivity contribution in [2.24, 2.45) is 0 Å². The quantitative estimate of drug-likeness (QED) is 0.730. The monoisotopic (exact) mass is 210 g/mol. The summed E-state index contributed by atoms with van der Waals surface area (Å²) in [4.78, 5) is 12.2. The Morgan fingerprint density at radius 3 is 2.93 bits per heavy atom. The topological polar surface area (TPSA) is 76.8 Å². The lowest BCUT2D eigenvalue weighted by Gasteiger charge is -2.01. The highest BCUT2D eigenvalue weighted by atomic mass is 32.2. The number of methoxy groups -OCH3 is 1. The molecule has 74 valence electrons. The second-order valence-electron chi connectivity index (χ2n) is 2.67. The number of nitrogens with two attached hydrogens (primary N) is 1. The van der Waals surface area contributed by atoms with Gasteiger partial charge in [-0.2, -0.15) is 4.98 Å². The minimum atomic E-state index is 0.226.